The molecule has 0 aromatic heterocycles. The zero-order valence-electron chi connectivity index (χ0n) is 12.3. The Labute approximate surface area is 137 Å². The summed E-state index contributed by atoms with van der Waals surface area (Å²) in [5.41, 5.74) is 1.16. The number of halogens is 2. The van der Waals surface area contributed by atoms with Crippen LogP contribution in [0.2, 0.25) is 5.02 Å². The van der Waals surface area contributed by atoms with E-state index in [4.69, 9.17) is 21.2 Å². The van der Waals surface area contributed by atoms with Gasteiger partial charge in [-0.3, -0.25) is 4.79 Å². The molecule has 0 aliphatic rings. The van der Waals surface area contributed by atoms with Gasteiger partial charge in [0.05, 0.1) is 12.8 Å². The molecular weight excluding hydrogens is 323 g/mol. The fourth-order valence-corrected chi connectivity index (χ4v) is 1.89. The average molecular weight is 337 g/mol. The molecule has 0 radical (unpaired) electrons. The summed E-state index contributed by atoms with van der Waals surface area (Å²) in [6, 6.07) is 10.6. The van der Waals surface area contributed by atoms with Crippen molar-refractivity contribution in [1.82, 2.24) is 0 Å². The lowest BCUT2D eigenvalue weighted by Crippen LogP contribution is -2.13. The van der Waals surface area contributed by atoms with Crippen LogP contribution in [-0.4, -0.2) is 19.2 Å². The van der Waals surface area contributed by atoms with Crippen LogP contribution in [0.3, 0.4) is 0 Å². The van der Waals surface area contributed by atoms with Crippen molar-refractivity contribution in [2.24, 2.45) is 5.16 Å². The Morgan fingerprint density at radius 2 is 2.04 bits per heavy atom. The standard InChI is InChI=1S/C16H14ClFN2O3/c1-22-15-7-4-12(17)8-14(15)20-16(21)9-19-23-10-11-2-5-13(18)6-3-11/h2-9H,10H2,1H3,(H,20,21)/b19-9-. The molecule has 0 aliphatic carbocycles. The second-order valence-corrected chi connectivity index (χ2v) is 4.90. The lowest BCUT2D eigenvalue weighted by molar-refractivity contribution is -0.110. The number of carbonyl (C=O) groups excluding carboxylic acids is 1. The topological polar surface area (TPSA) is 59.9 Å². The monoisotopic (exact) mass is 336 g/mol. The van der Waals surface area contributed by atoms with E-state index in [9.17, 15) is 9.18 Å². The molecule has 0 heterocycles. The third-order valence-electron chi connectivity index (χ3n) is 2.81. The van der Waals surface area contributed by atoms with Gasteiger partial charge in [-0.05, 0) is 35.9 Å². The average Bonchev–Trinajstić information content (AvgIpc) is 2.53. The van der Waals surface area contributed by atoms with Gasteiger partial charge >= 0.3 is 0 Å². The lowest BCUT2D eigenvalue weighted by atomic mass is 10.2. The largest absolute Gasteiger partial charge is 0.495 e. The minimum Gasteiger partial charge on any atom is -0.495 e. The quantitative estimate of drug-likeness (QED) is 0.647. The minimum absolute atomic E-state index is 0.130. The van der Waals surface area contributed by atoms with Crippen LogP contribution in [0.25, 0.3) is 0 Å². The number of hydrogen-bond acceptors (Lipinski definition) is 4. The molecule has 0 unspecified atom stereocenters. The molecule has 1 N–H and O–H groups in total. The lowest BCUT2D eigenvalue weighted by Gasteiger charge is -2.08. The van der Waals surface area contributed by atoms with Crippen molar-refractivity contribution in [3.05, 3.63) is 58.9 Å². The van der Waals surface area contributed by atoms with Crippen LogP contribution in [0.1, 0.15) is 5.56 Å². The molecule has 0 bridgehead atoms. The van der Waals surface area contributed by atoms with Crippen LogP contribution in [0, 0.1) is 5.82 Å². The third kappa shape index (κ3) is 5.27. The molecule has 7 heteroatoms. The van der Waals surface area contributed by atoms with Crippen LogP contribution in [-0.2, 0) is 16.2 Å². The summed E-state index contributed by atoms with van der Waals surface area (Å²) < 4.78 is 17.8. The number of anilines is 1. The molecule has 0 saturated heterocycles. The summed E-state index contributed by atoms with van der Waals surface area (Å²) in [5, 5.41) is 6.60. The molecule has 23 heavy (non-hydrogen) atoms. The number of amides is 1. The van der Waals surface area contributed by atoms with Crippen LogP contribution in [0.4, 0.5) is 10.1 Å². The van der Waals surface area contributed by atoms with Crippen LogP contribution in [0.15, 0.2) is 47.6 Å². The molecule has 5 nitrogen and oxygen atoms in total. The Morgan fingerprint density at radius 1 is 1.30 bits per heavy atom. The van der Waals surface area contributed by atoms with E-state index in [1.807, 2.05) is 0 Å². The second-order valence-electron chi connectivity index (χ2n) is 4.47. The number of nitrogens with one attached hydrogen (secondary N) is 1. The fraction of sp³-hybridized carbons (Fsp3) is 0.125. The molecule has 0 saturated carbocycles. The predicted molar refractivity (Wildman–Crippen MR) is 86.3 cm³/mol. The molecule has 120 valence electrons. The number of benzene rings is 2. The third-order valence-corrected chi connectivity index (χ3v) is 3.04. The van der Waals surface area contributed by atoms with E-state index in [0.29, 0.717) is 16.5 Å². The Kier molecular flexibility index (Phi) is 5.94. The van der Waals surface area contributed by atoms with Gasteiger partial charge in [-0.1, -0.05) is 28.9 Å². The number of rotatable bonds is 6. The maximum absolute atomic E-state index is 12.7. The summed E-state index contributed by atoms with van der Waals surface area (Å²) in [5.74, 6) is -0.347. The van der Waals surface area contributed by atoms with Crippen LogP contribution >= 0.6 is 11.6 Å². The summed E-state index contributed by atoms with van der Waals surface area (Å²) in [7, 11) is 1.48. The number of ether oxygens (including phenoxy) is 1. The molecule has 0 atom stereocenters. The number of methoxy groups -OCH3 is 1. The first kappa shape index (κ1) is 16.8. The fourth-order valence-electron chi connectivity index (χ4n) is 1.72. The first-order valence-corrected chi connectivity index (χ1v) is 7.00. The zero-order chi connectivity index (χ0) is 16.7. The van der Waals surface area contributed by atoms with Crippen molar-refractivity contribution < 1.29 is 18.8 Å². The van der Waals surface area contributed by atoms with E-state index in [2.05, 4.69) is 10.5 Å². The first-order chi connectivity index (χ1) is 11.1. The van der Waals surface area contributed by atoms with Gasteiger partial charge in [0.25, 0.3) is 5.91 Å². The Hall–Kier alpha value is -2.60. The van der Waals surface area contributed by atoms with E-state index >= 15 is 0 Å². The minimum atomic E-state index is -0.496. The summed E-state index contributed by atoms with van der Waals surface area (Å²) >= 11 is 5.87. The van der Waals surface area contributed by atoms with Crippen molar-refractivity contribution in [2.45, 2.75) is 6.61 Å². The highest BCUT2D eigenvalue weighted by Crippen LogP contribution is 2.27. The van der Waals surface area contributed by atoms with Gasteiger partial charge in [-0.15, -0.1) is 0 Å². The molecule has 2 rings (SSSR count). The molecule has 0 fully saturated rings. The Bertz CT molecular complexity index is 705. The van der Waals surface area contributed by atoms with Gasteiger partial charge in [-0.2, -0.15) is 0 Å². The first-order valence-electron chi connectivity index (χ1n) is 6.63. The Balaban J connectivity index is 1.87. The molecule has 0 aliphatic heterocycles. The molecule has 2 aromatic rings. The summed E-state index contributed by atoms with van der Waals surface area (Å²) in [6.07, 6.45) is 0.990. The SMILES string of the molecule is COc1ccc(Cl)cc1NC(=O)/C=N\OCc1ccc(F)cc1. The molecular formula is C16H14ClFN2O3. The van der Waals surface area contributed by atoms with Gasteiger partial charge in [0, 0.05) is 5.02 Å². The van der Waals surface area contributed by atoms with E-state index in [1.165, 1.54) is 19.2 Å². The van der Waals surface area contributed by atoms with E-state index < -0.39 is 5.91 Å². The van der Waals surface area contributed by atoms with Crippen molar-refractivity contribution in [1.29, 1.82) is 0 Å². The van der Waals surface area contributed by atoms with Gasteiger partial charge < -0.3 is 14.9 Å². The van der Waals surface area contributed by atoms with Crippen molar-refractivity contribution in [2.75, 3.05) is 12.4 Å². The predicted octanol–water partition coefficient (Wildman–Crippen LogP) is 3.63. The van der Waals surface area contributed by atoms with Crippen LogP contribution in [0.5, 0.6) is 5.75 Å². The van der Waals surface area contributed by atoms with Gasteiger partial charge in [-0.25, -0.2) is 4.39 Å². The van der Waals surface area contributed by atoms with E-state index in [1.54, 1.807) is 30.3 Å². The maximum Gasteiger partial charge on any atom is 0.270 e. The van der Waals surface area contributed by atoms with E-state index in [-0.39, 0.29) is 12.4 Å². The maximum atomic E-state index is 12.7. The zero-order valence-corrected chi connectivity index (χ0v) is 13.0. The van der Waals surface area contributed by atoms with Crippen molar-refractivity contribution in [3.8, 4) is 5.75 Å². The molecule has 2 aromatic carbocycles. The van der Waals surface area contributed by atoms with Gasteiger partial charge in [0.2, 0.25) is 0 Å². The highest BCUT2D eigenvalue weighted by molar-refractivity contribution is 6.33. The van der Waals surface area contributed by atoms with Crippen LogP contribution < -0.4 is 10.1 Å². The normalized spacial score (nSPS) is 10.6. The van der Waals surface area contributed by atoms with Gasteiger partial charge in [0.1, 0.15) is 24.4 Å². The molecule has 0 spiro atoms. The summed E-state index contributed by atoms with van der Waals surface area (Å²) in [6.45, 7) is 0.130. The molecule has 1 amide bonds. The number of carbonyl (C=O) groups is 1. The number of hydrogen-bond donors (Lipinski definition) is 1. The van der Waals surface area contributed by atoms with Gasteiger partial charge in [0.15, 0.2) is 0 Å². The van der Waals surface area contributed by atoms with Crippen molar-refractivity contribution >= 4 is 29.4 Å². The second kappa shape index (κ2) is 8.14. The smallest absolute Gasteiger partial charge is 0.270 e. The number of nitrogens with zero attached hydrogens (tertiary/aromatic N) is 1. The highest BCUT2D eigenvalue weighted by Gasteiger charge is 2.06. The van der Waals surface area contributed by atoms with E-state index in [0.717, 1.165) is 11.8 Å². The summed E-state index contributed by atoms with van der Waals surface area (Å²) in [4.78, 5) is 16.7. The van der Waals surface area contributed by atoms with Crippen molar-refractivity contribution in [3.63, 3.8) is 0 Å². The number of oxime groups is 1. The Morgan fingerprint density at radius 3 is 2.74 bits per heavy atom. The highest BCUT2D eigenvalue weighted by atomic mass is 35.5.